The van der Waals surface area contributed by atoms with E-state index in [9.17, 15) is 27.5 Å². The summed E-state index contributed by atoms with van der Waals surface area (Å²) < 4.78 is 46.8. The first kappa shape index (κ1) is 25.1. The van der Waals surface area contributed by atoms with Gasteiger partial charge >= 0.3 is 6.03 Å². The van der Waals surface area contributed by atoms with Gasteiger partial charge in [-0.3, -0.25) is 10.1 Å². The summed E-state index contributed by atoms with van der Waals surface area (Å²) in [4.78, 5) is 24.2. The molecule has 1 unspecified atom stereocenters. The Bertz CT molecular complexity index is 1010. The molecular weight excluding hydrogens is 453 g/mol. The number of benzene rings is 1. The number of amides is 3. The third-order valence-electron chi connectivity index (χ3n) is 5.76. The van der Waals surface area contributed by atoms with E-state index in [-0.39, 0.29) is 49.9 Å². The molecule has 182 valence electrons. The second kappa shape index (κ2) is 10.6. The van der Waals surface area contributed by atoms with E-state index in [0.717, 1.165) is 12.8 Å². The summed E-state index contributed by atoms with van der Waals surface area (Å²) in [5.74, 6) is -0.737. The van der Waals surface area contributed by atoms with Gasteiger partial charge in [0, 0.05) is 26.1 Å². The summed E-state index contributed by atoms with van der Waals surface area (Å²) in [6.45, 7) is 2.28. The van der Waals surface area contributed by atoms with Crippen molar-refractivity contribution in [2.75, 3.05) is 32.0 Å². The van der Waals surface area contributed by atoms with Gasteiger partial charge in [-0.25, -0.2) is 22.3 Å². The molecule has 9 nitrogen and oxygen atoms in total. The third-order valence-corrected chi connectivity index (χ3v) is 6.98. The molecule has 1 atom stereocenters. The molecule has 1 saturated carbocycles. The number of nitrogens with zero attached hydrogens (tertiary/aromatic N) is 1. The molecule has 3 N–H and O–H groups in total. The van der Waals surface area contributed by atoms with Crippen LogP contribution in [0.15, 0.2) is 30.4 Å². The van der Waals surface area contributed by atoms with Gasteiger partial charge in [-0.1, -0.05) is 25.1 Å². The van der Waals surface area contributed by atoms with E-state index >= 15 is 0 Å². The zero-order valence-corrected chi connectivity index (χ0v) is 19.4. The van der Waals surface area contributed by atoms with E-state index in [0.29, 0.717) is 18.1 Å². The average Bonchev–Trinajstić information content (AvgIpc) is 3.60. The highest BCUT2D eigenvalue weighted by Gasteiger charge is 2.30. The highest BCUT2D eigenvalue weighted by molar-refractivity contribution is 7.89. The Hall–Kier alpha value is -2.50. The number of sulfonamides is 1. The Morgan fingerprint density at radius 3 is 2.76 bits per heavy atom. The van der Waals surface area contributed by atoms with Gasteiger partial charge in [0.1, 0.15) is 5.60 Å². The molecule has 0 aromatic heterocycles. The lowest BCUT2D eigenvalue weighted by atomic mass is 9.91. The van der Waals surface area contributed by atoms with Crippen LogP contribution in [0.3, 0.4) is 0 Å². The van der Waals surface area contributed by atoms with Crippen LogP contribution < -0.4 is 14.8 Å². The first-order valence-corrected chi connectivity index (χ1v) is 12.6. The lowest BCUT2D eigenvalue weighted by molar-refractivity contribution is -0.121. The summed E-state index contributed by atoms with van der Waals surface area (Å²) in [6, 6.07) is 3.54. The number of carbonyl (C=O) groups excluding carboxylic acids is 2. The molecule has 1 aliphatic heterocycles. The Morgan fingerprint density at radius 1 is 1.33 bits per heavy atom. The van der Waals surface area contributed by atoms with E-state index < -0.39 is 27.5 Å². The molecule has 1 aromatic carbocycles. The molecule has 1 aromatic rings. The van der Waals surface area contributed by atoms with Crippen molar-refractivity contribution in [3.8, 4) is 5.75 Å². The number of ether oxygens (including phenoxy) is 1. The number of rotatable bonds is 12. The quantitative estimate of drug-likeness (QED) is 0.388. The van der Waals surface area contributed by atoms with Crippen LogP contribution in [0.5, 0.6) is 5.75 Å². The van der Waals surface area contributed by atoms with Gasteiger partial charge < -0.3 is 14.7 Å². The highest BCUT2D eigenvalue weighted by Crippen LogP contribution is 2.32. The number of nitrogens with one attached hydrogen (secondary N) is 2. The number of hydrogen-bond acceptors (Lipinski definition) is 6. The summed E-state index contributed by atoms with van der Waals surface area (Å²) >= 11 is 0. The van der Waals surface area contributed by atoms with E-state index in [2.05, 4.69) is 10.0 Å². The molecule has 2 aliphatic rings. The minimum Gasteiger partial charge on any atom is -0.490 e. The van der Waals surface area contributed by atoms with Crippen LogP contribution in [-0.4, -0.2) is 62.4 Å². The predicted molar refractivity (Wildman–Crippen MR) is 119 cm³/mol. The minimum atomic E-state index is -3.76. The molecule has 2 fully saturated rings. The molecule has 3 amide bonds. The average molecular weight is 484 g/mol. The van der Waals surface area contributed by atoms with Crippen LogP contribution >= 0.6 is 0 Å². The number of halogens is 1. The number of aliphatic hydroxyl groups is 1. The molecule has 1 heterocycles. The summed E-state index contributed by atoms with van der Waals surface area (Å²) in [5.41, 5.74) is -1.18. The molecule has 1 aliphatic carbocycles. The van der Waals surface area contributed by atoms with Gasteiger partial charge in [0.15, 0.2) is 11.6 Å². The Labute approximate surface area is 193 Å². The SMILES string of the molecule is CCC(O)(CNS(=O)(=O)C/C=C/CN1CCC(=O)NC1=O)c1ccc(F)c(OCC2CC2)c1. The maximum absolute atomic E-state index is 14.1. The molecule has 1 saturated heterocycles. The largest absolute Gasteiger partial charge is 0.490 e. The van der Waals surface area contributed by atoms with E-state index in [1.807, 2.05) is 0 Å². The van der Waals surface area contributed by atoms with Crippen molar-refractivity contribution in [3.63, 3.8) is 0 Å². The minimum absolute atomic E-state index is 0.0421. The van der Waals surface area contributed by atoms with Gasteiger partial charge in [0.05, 0.1) is 12.4 Å². The van der Waals surface area contributed by atoms with Crippen molar-refractivity contribution in [2.45, 2.75) is 38.2 Å². The Morgan fingerprint density at radius 2 is 2.09 bits per heavy atom. The van der Waals surface area contributed by atoms with E-state index in [4.69, 9.17) is 4.74 Å². The third kappa shape index (κ3) is 7.24. The van der Waals surface area contributed by atoms with Gasteiger partial charge in [0.25, 0.3) is 0 Å². The molecule has 3 rings (SSSR count). The van der Waals surface area contributed by atoms with Crippen LogP contribution in [0.25, 0.3) is 0 Å². The number of hydrogen-bond donors (Lipinski definition) is 3. The molecule has 33 heavy (non-hydrogen) atoms. The van der Waals surface area contributed by atoms with Crippen molar-refractivity contribution >= 4 is 22.0 Å². The lowest BCUT2D eigenvalue weighted by Gasteiger charge is -2.28. The summed E-state index contributed by atoms with van der Waals surface area (Å²) in [7, 11) is -3.76. The lowest BCUT2D eigenvalue weighted by Crippen LogP contribution is -2.49. The topological polar surface area (TPSA) is 125 Å². The van der Waals surface area contributed by atoms with Gasteiger partial charge in [-0.2, -0.15) is 0 Å². The Balaban J connectivity index is 1.55. The fraction of sp³-hybridized carbons (Fsp3) is 0.545. The van der Waals surface area contributed by atoms with Crippen LogP contribution in [-0.2, 0) is 20.4 Å². The Kier molecular flexibility index (Phi) is 8.09. The van der Waals surface area contributed by atoms with Crippen LogP contribution in [0.2, 0.25) is 0 Å². The monoisotopic (exact) mass is 483 g/mol. The molecule has 11 heteroatoms. The van der Waals surface area contributed by atoms with Crippen LogP contribution in [0.4, 0.5) is 9.18 Å². The molecule has 0 spiro atoms. The summed E-state index contributed by atoms with van der Waals surface area (Å²) in [6.07, 6.45) is 5.44. The summed E-state index contributed by atoms with van der Waals surface area (Å²) in [5, 5.41) is 13.2. The second-order valence-electron chi connectivity index (χ2n) is 8.41. The maximum Gasteiger partial charge on any atom is 0.324 e. The molecule has 0 radical (unpaired) electrons. The van der Waals surface area contributed by atoms with Gasteiger partial charge in [0.2, 0.25) is 15.9 Å². The van der Waals surface area contributed by atoms with Crippen molar-refractivity contribution in [1.82, 2.24) is 14.9 Å². The fourth-order valence-electron chi connectivity index (χ4n) is 3.28. The normalized spacial score (nSPS) is 18.9. The standard InChI is InChI=1S/C22H30FN3O6S/c1-2-22(29,17-7-8-18(23)19(13-17)32-14-16-5-6-16)15-24-33(30,31)12-4-3-10-26-11-9-20(27)25-21(26)28/h3-4,7-8,13,16,24,29H,2,5-6,9-12,14-15H2,1H3,(H,25,27,28)/b4-3+. The van der Waals surface area contributed by atoms with Crippen LogP contribution in [0.1, 0.15) is 38.2 Å². The van der Waals surface area contributed by atoms with Crippen molar-refractivity contribution in [2.24, 2.45) is 5.92 Å². The zero-order chi connectivity index (χ0) is 24.1. The molecule has 0 bridgehead atoms. The van der Waals surface area contributed by atoms with Gasteiger partial charge in [-0.15, -0.1) is 0 Å². The van der Waals surface area contributed by atoms with Crippen molar-refractivity contribution < 1.29 is 32.2 Å². The van der Waals surface area contributed by atoms with E-state index in [1.165, 1.54) is 35.3 Å². The first-order chi connectivity index (χ1) is 15.6. The second-order valence-corrected chi connectivity index (χ2v) is 10.3. The first-order valence-electron chi connectivity index (χ1n) is 11.0. The number of urea groups is 1. The van der Waals surface area contributed by atoms with Crippen LogP contribution in [0, 0.1) is 11.7 Å². The predicted octanol–water partition coefficient (Wildman–Crippen LogP) is 1.63. The number of imide groups is 1. The zero-order valence-electron chi connectivity index (χ0n) is 18.5. The highest BCUT2D eigenvalue weighted by atomic mass is 32.2. The number of carbonyl (C=O) groups is 2. The van der Waals surface area contributed by atoms with Crippen molar-refractivity contribution in [3.05, 3.63) is 41.7 Å². The molecular formula is C22H30FN3O6S. The fourth-order valence-corrected chi connectivity index (χ4v) is 4.25. The smallest absolute Gasteiger partial charge is 0.324 e. The van der Waals surface area contributed by atoms with Gasteiger partial charge in [-0.05, 0) is 42.9 Å². The van der Waals surface area contributed by atoms with E-state index in [1.54, 1.807) is 6.92 Å². The maximum atomic E-state index is 14.1. The van der Waals surface area contributed by atoms with Crippen molar-refractivity contribution in [1.29, 1.82) is 0 Å².